The first-order valence-electron chi connectivity index (χ1n) is 7.38. The van der Waals surface area contributed by atoms with Crippen molar-refractivity contribution in [3.8, 4) is 0 Å². The molecule has 2 bridgehead atoms. The van der Waals surface area contributed by atoms with E-state index in [4.69, 9.17) is 4.74 Å². The van der Waals surface area contributed by atoms with Gasteiger partial charge < -0.3 is 19.8 Å². The Labute approximate surface area is 124 Å². The number of likely N-dealkylation sites (tertiary alicyclic amines) is 1. The molecule has 1 aliphatic carbocycles. The predicted octanol–water partition coefficient (Wildman–Crippen LogP) is -0.0130. The molecule has 0 spiro atoms. The molecule has 5 atom stereocenters. The number of methoxy groups -OCH3 is 1. The van der Waals surface area contributed by atoms with Crippen LogP contribution in [-0.4, -0.2) is 58.6 Å². The van der Waals surface area contributed by atoms with Crippen molar-refractivity contribution in [2.45, 2.75) is 57.6 Å². The molecule has 7 nitrogen and oxygen atoms in total. The first kappa shape index (κ1) is 16.2. The fourth-order valence-corrected chi connectivity index (χ4v) is 3.55. The fraction of sp³-hybridized carbons (Fsp3) is 0.857. The maximum Gasteiger partial charge on any atom is 0.326 e. The van der Waals surface area contributed by atoms with Gasteiger partial charge in [0.2, 0.25) is 12.3 Å². The number of rotatable bonds is 6. The Kier molecular flexibility index (Phi) is 4.85. The zero-order valence-electron chi connectivity index (χ0n) is 12.7. The Hall–Kier alpha value is -1.18. The molecule has 1 aliphatic heterocycles. The van der Waals surface area contributed by atoms with E-state index in [-0.39, 0.29) is 23.8 Å². The number of aliphatic hydroxyl groups excluding tert-OH is 1. The van der Waals surface area contributed by atoms with Crippen molar-refractivity contribution in [3.63, 3.8) is 0 Å². The molecule has 1 saturated carbocycles. The second kappa shape index (κ2) is 6.29. The van der Waals surface area contributed by atoms with Crippen LogP contribution in [0.3, 0.4) is 0 Å². The lowest BCUT2D eigenvalue weighted by Crippen LogP contribution is -2.58. The molecule has 7 heteroatoms. The summed E-state index contributed by atoms with van der Waals surface area (Å²) in [6.45, 7) is 3.70. The molecule has 0 aromatic rings. The van der Waals surface area contributed by atoms with E-state index < -0.39 is 24.5 Å². The molecule has 2 aliphatic rings. The van der Waals surface area contributed by atoms with Gasteiger partial charge >= 0.3 is 5.97 Å². The minimum absolute atomic E-state index is 0.00587. The molecule has 2 fully saturated rings. The van der Waals surface area contributed by atoms with E-state index in [2.05, 4.69) is 5.32 Å². The van der Waals surface area contributed by atoms with Gasteiger partial charge in [-0.25, -0.2) is 4.79 Å². The number of aliphatic carboxylic acids is 1. The second-order valence-corrected chi connectivity index (χ2v) is 6.23. The van der Waals surface area contributed by atoms with Crippen LogP contribution in [0.15, 0.2) is 0 Å². The summed E-state index contributed by atoms with van der Waals surface area (Å²) in [4.78, 5) is 25.8. The first-order chi connectivity index (χ1) is 9.86. The van der Waals surface area contributed by atoms with E-state index in [1.807, 2.05) is 13.8 Å². The summed E-state index contributed by atoms with van der Waals surface area (Å²) in [6, 6.07) is -1.40. The largest absolute Gasteiger partial charge is 0.480 e. The number of hydrogen-bond acceptors (Lipinski definition) is 5. The smallest absolute Gasteiger partial charge is 0.326 e. The number of nitrogens with one attached hydrogen (secondary N) is 1. The van der Waals surface area contributed by atoms with Gasteiger partial charge in [-0.3, -0.25) is 10.1 Å². The molecule has 1 saturated heterocycles. The summed E-state index contributed by atoms with van der Waals surface area (Å²) >= 11 is 0. The maximum atomic E-state index is 12.8. The summed E-state index contributed by atoms with van der Waals surface area (Å²) in [5.74, 6) is -1.24. The number of carbonyl (C=O) groups is 2. The number of carboxylic acid groups (broad SMARTS) is 1. The maximum absolute atomic E-state index is 12.8. The van der Waals surface area contributed by atoms with Gasteiger partial charge in [0.1, 0.15) is 6.04 Å². The van der Waals surface area contributed by atoms with Gasteiger partial charge in [-0.2, -0.15) is 0 Å². The number of amides is 1. The van der Waals surface area contributed by atoms with Gasteiger partial charge in [0.25, 0.3) is 0 Å². The van der Waals surface area contributed by atoms with Crippen LogP contribution in [-0.2, 0) is 14.3 Å². The third-order valence-corrected chi connectivity index (χ3v) is 4.57. The van der Waals surface area contributed by atoms with Crippen LogP contribution in [0.4, 0.5) is 0 Å². The standard InChI is InChI=1S/C14H24N2O5/c1-7(2)10(15-14(20)21-3)12(17)16-9-5-4-8(6-9)11(16)13(18)19/h7-11,14-15,20H,4-6H2,1-3H3,(H,18,19)/t8-,9?,10-,11-,14?/m0/s1. The third kappa shape index (κ3) is 3.04. The lowest BCUT2D eigenvalue weighted by atomic mass is 9.96. The summed E-state index contributed by atoms with van der Waals surface area (Å²) in [5.41, 5.74) is 0. The number of nitrogens with zero attached hydrogens (tertiary/aromatic N) is 1. The van der Waals surface area contributed by atoms with Gasteiger partial charge in [0, 0.05) is 13.2 Å². The number of aliphatic hydroxyl groups is 1. The van der Waals surface area contributed by atoms with Crippen LogP contribution in [0.1, 0.15) is 33.1 Å². The quantitative estimate of drug-likeness (QED) is 0.597. The predicted molar refractivity (Wildman–Crippen MR) is 74.2 cm³/mol. The van der Waals surface area contributed by atoms with Crippen molar-refractivity contribution in [1.29, 1.82) is 0 Å². The molecule has 2 unspecified atom stereocenters. The van der Waals surface area contributed by atoms with Crippen molar-refractivity contribution < 1.29 is 24.5 Å². The van der Waals surface area contributed by atoms with Gasteiger partial charge in [0.05, 0.1) is 6.04 Å². The van der Waals surface area contributed by atoms with E-state index in [9.17, 15) is 19.8 Å². The zero-order valence-corrected chi connectivity index (χ0v) is 12.7. The molecule has 0 radical (unpaired) electrons. The molecule has 120 valence electrons. The Morgan fingerprint density at radius 3 is 2.52 bits per heavy atom. The van der Waals surface area contributed by atoms with E-state index >= 15 is 0 Å². The van der Waals surface area contributed by atoms with Crippen LogP contribution < -0.4 is 5.32 Å². The fourth-order valence-electron chi connectivity index (χ4n) is 3.55. The highest BCUT2D eigenvalue weighted by Gasteiger charge is 2.52. The molecule has 0 aromatic heterocycles. The summed E-state index contributed by atoms with van der Waals surface area (Å²) in [5, 5.41) is 21.7. The minimum atomic E-state index is -1.25. The number of carboxylic acids is 1. The van der Waals surface area contributed by atoms with Crippen molar-refractivity contribution in [2.24, 2.45) is 11.8 Å². The van der Waals surface area contributed by atoms with Crippen molar-refractivity contribution in [2.75, 3.05) is 7.11 Å². The van der Waals surface area contributed by atoms with Gasteiger partial charge in [-0.1, -0.05) is 13.8 Å². The molecule has 21 heavy (non-hydrogen) atoms. The number of hydrogen-bond donors (Lipinski definition) is 3. The molecule has 1 heterocycles. The lowest BCUT2D eigenvalue weighted by molar-refractivity contribution is -0.157. The SMILES string of the molecule is COC(O)N[C@H](C(=O)N1C2CC[C@@H](C2)[C@H]1C(=O)O)C(C)C. The molecule has 0 aromatic carbocycles. The Bertz CT molecular complexity index is 414. The number of carbonyl (C=O) groups excluding carboxylic acids is 1. The van der Waals surface area contributed by atoms with Gasteiger partial charge in [-0.15, -0.1) is 0 Å². The lowest BCUT2D eigenvalue weighted by Gasteiger charge is -2.37. The highest BCUT2D eigenvalue weighted by molar-refractivity contribution is 5.88. The average molecular weight is 300 g/mol. The molecule has 2 rings (SSSR count). The molecule has 3 N–H and O–H groups in total. The normalized spacial score (nSPS) is 30.7. The Morgan fingerprint density at radius 1 is 1.33 bits per heavy atom. The Morgan fingerprint density at radius 2 is 2.00 bits per heavy atom. The highest BCUT2D eigenvalue weighted by Crippen LogP contribution is 2.43. The number of fused-ring (bicyclic) bond motifs is 2. The van der Waals surface area contributed by atoms with E-state index in [1.54, 1.807) is 0 Å². The average Bonchev–Trinajstić information content (AvgIpc) is 3.03. The van der Waals surface area contributed by atoms with Gasteiger partial charge in [-0.05, 0) is 31.1 Å². The number of ether oxygens (including phenoxy) is 1. The topological polar surface area (TPSA) is 99.1 Å². The highest BCUT2D eigenvalue weighted by atomic mass is 16.6. The van der Waals surface area contributed by atoms with Crippen molar-refractivity contribution in [1.82, 2.24) is 10.2 Å². The van der Waals surface area contributed by atoms with E-state index in [0.29, 0.717) is 0 Å². The summed E-state index contributed by atoms with van der Waals surface area (Å²) in [6.07, 6.45) is 1.24. The van der Waals surface area contributed by atoms with Crippen molar-refractivity contribution >= 4 is 11.9 Å². The van der Waals surface area contributed by atoms with Crippen LogP contribution >= 0.6 is 0 Å². The van der Waals surface area contributed by atoms with E-state index in [1.165, 1.54) is 12.0 Å². The van der Waals surface area contributed by atoms with Crippen LogP contribution in [0.5, 0.6) is 0 Å². The van der Waals surface area contributed by atoms with Crippen molar-refractivity contribution in [3.05, 3.63) is 0 Å². The second-order valence-electron chi connectivity index (χ2n) is 6.23. The van der Waals surface area contributed by atoms with Crippen LogP contribution in [0.2, 0.25) is 0 Å². The molecule has 1 amide bonds. The Balaban J connectivity index is 2.17. The van der Waals surface area contributed by atoms with Crippen LogP contribution in [0, 0.1) is 11.8 Å². The van der Waals surface area contributed by atoms with Crippen LogP contribution in [0.25, 0.3) is 0 Å². The van der Waals surface area contributed by atoms with E-state index in [0.717, 1.165) is 19.3 Å². The minimum Gasteiger partial charge on any atom is -0.480 e. The first-order valence-corrected chi connectivity index (χ1v) is 7.38. The summed E-state index contributed by atoms with van der Waals surface area (Å²) < 4.78 is 4.74. The molecular weight excluding hydrogens is 276 g/mol. The zero-order chi connectivity index (χ0) is 15.7. The third-order valence-electron chi connectivity index (χ3n) is 4.57. The summed E-state index contributed by atoms with van der Waals surface area (Å²) in [7, 11) is 1.33. The monoisotopic (exact) mass is 300 g/mol. The molecular formula is C14H24N2O5. The van der Waals surface area contributed by atoms with Gasteiger partial charge in [0.15, 0.2) is 0 Å². The number of piperidine rings is 1.